The lowest BCUT2D eigenvalue weighted by molar-refractivity contribution is 0.0950. The van der Waals surface area contributed by atoms with Crippen molar-refractivity contribution >= 4 is 11.7 Å². The number of piperazine rings is 1. The van der Waals surface area contributed by atoms with Gasteiger partial charge in [0.2, 0.25) is 0 Å². The highest BCUT2D eigenvalue weighted by atomic mass is 16.1. The van der Waals surface area contributed by atoms with E-state index in [0.717, 1.165) is 31.0 Å². The second-order valence-electron chi connectivity index (χ2n) is 6.81. The smallest absolute Gasteiger partial charge is 0.253 e. The van der Waals surface area contributed by atoms with Crippen molar-refractivity contribution in [3.05, 3.63) is 89.9 Å². The van der Waals surface area contributed by atoms with Gasteiger partial charge in [-0.05, 0) is 29.3 Å². The summed E-state index contributed by atoms with van der Waals surface area (Å²) in [5.74, 6) is 0.761. The van der Waals surface area contributed by atoms with Crippen LogP contribution in [-0.2, 0) is 6.54 Å². The van der Waals surface area contributed by atoms with Crippen LogP contribution in [0.2, 0.25) is 0 Å². The average Bonchev–Trinajstić information content (AvgIpc) is 2.79. The molecule has 4 rings (SSSR count). The highest BCUT2D eigenvalue weighted by molar-refractivity contribution is 5.94. The van der Waals surface area contributed by atoms with Crippen molar-refractivity contribution in [2.24, 2.45) is 0 Å². The predicted molar refractivity (Wildman–Crippen MR) is 109 cm³/mol. The van der Waals surface area contributed by atoms with E-state index in [9.17, 15) is 4.79 Å². The maximum atomic E-state index is 12.3. The maximum Gasteiger partial charge on any atom is 0.253 e. The van der Waals surface area contributed by atoms with Gasteiger partial charge < -0.3 is 15.5 Å². The largest absolute Gasteiger partial charge is 0.353 e. The van der Waals surface area contributed by atoms with Crippen molar-refractivity contribution in [1.29, 1.82) is 0 Å². The molecule has 1 amide bonds. The lowest BCUT2D eigenvalue weighted by Gasteiger charge is -2.34. The molecule has 0 saturated carbocycles. The van der Waals surface area contributed by atoms with Crippen molar-refractivity contribution in [3.8, 4) is 0 Å². The van der Waals surface area contributed by atoms with Crippen molar-refractivity contribution in [2.45, 2.75) is 12.6 Å². The Labute approximate surface area is 164 Å². The normalized spacial score (nSPS) is 16.6. The van der Waals surface area contributed by atoms with E-state index in [-0.39, 0.29) is 11.9 Å². The number of aromatic nitrogens is 2. The summed E-state index contributed by atoms with van der Waals surface area (Å²) in [6.45, 7) is 3.09. The van der Waals surface area contributed by atoms with E-state index in [0.29, 0.717) is 12.1 Å². The number of hydrogen-bond acceptors (Lipinski definition) is 5. The average molecular weight is 373 g/mol. The third kappa shape index (κ3) is 4.35. The number of anilines is 1. The van der Waals surface area contributed by atoms with E-state index in [1.54, 1.807) is 18.6 Å². The molecule has 3 aromatic rings. The van der Waals surface area contributed by atoms with Crippen LogP contribution in [0.1, 0.15) is 27.5 Å². The lowest BCUT2D eigenvalue weighted by Crippen LogP contribution is -2.46. The molecule has 2 aromatic heterocycles. The Morgan fingerprint density at radius 1 is 1.11 bits per heavy atom. The first kappa shape index (κ1) is 18.1. The van der Waals surface area contributed by atoms with Gasteiger partial charge in [0.15, 0.2) is 0 Å². The Balaban J connectivity index is 1.38. The van der Waals surface area contributed by atoms with Gasteiger partial charge in [-0.2, -0.15) is 0 Å². The molecule has 2 N–H and O–H groups in total. The minimum atomic E-state index is -0.134. The molecule has 1 atom stereocenters. The Kier molecular flexibility index (Phi) is 5.58. The monoisotopic (exact) mass is 373 g/mol. The molecular weight excluding hydrogens is 350 g/mol. The molecule has 1 aliphatic heterocycles. The van der Waals surface area contributed by atoms with Crippen LogP contribution in [0.3, 0.4) is 0 Å². The minimum absolute atomic E-state index is 0.134. The molecule has 6 nitrogen and oxygen atoms in total. The number of carbonyl (C=O) groups excluding carboxylic acids is 1. The number of amides is 1. The Morgan fingerprint density at radius 2 is 2.00 bits per heavy atom. The van der Waals surface area contributed by atoms with Crippen LogP contribution in [0, 0.1) is 0 Å². The van der Waals surface area contributed by atoms with Crippen molar-refractivity contribution in [2.75, 3.05) is 24.5 Å². The van der Waals surface area contributed by atoms with Crippen LogP contribution in [0.5, 0.6) is 0 Å². The van der Waals surface area contributed by atoms with Gasteiger partial charge in [-0.1, -0.05) is 36.4 Å². The number of nitrogens with zero attached hydrogens (tertiary/aromatic N) is 3. The summed E-state index contributed by atoms with van der Waals surface area (Å²) in [6.07, 6.45) is 5.11. The van der Waals surface area contributed by atoms with Crippen LogP contribution in [0.15, 0.2) is 73.2 Å². The summed E-state index contributed by atoms with van der Waals surface area (Å²) in [7, 11) is 0. The van der Waals surface area contributed by atoms with Gasteiger partial charge in [0, 0.05) is 50.8 Å². The number of nitrogens with one attached hydrogen (secondary N) is 2. The van der Waals surface area contributed by atoms with Crippen molar-refractivity contribution in [1.82, 2.24) is 20.6 Å². The van der Waals surface area contributed by atoms with Gasteiger partial charge in [0.05, 0.1) is 5.56 Å². The Bertz CT molecular complexity index is 899. The van der Waals surface area contributed by atoms with E-state index in [2.05, 4.69) is 49.8 Å². The van der Waals surface area contributed by atoms with Gasteiger partial charge in [0.25, 0.3) is 5.91 Å². The molecule has 0 bridgehead atoms. The fourth-order valence-electron chi connectivity index (χ4n) is 3.36. The van der Waals surface area contributed by atoms with Gasteiger partial charge in [-0.3, -0.25) is 9.78 Å². The molecule has 0 aliphatic carbocycles. The molecule has 1 aromatic carbocycles. The summed E-state index contributed by atoms with van der Waals surface area (Å²) >= 11 is 0. The molecule has 6 heteroatoms. The zero-order valence-corrected chi connectivity index (χ0v) is 15.6. The summed E-state index contributed by atoms with van der Waals surface area (Å²) in [6, 6.07) is 18.3. The molecule has 3 heterocycles. The SMILES string of the molecule is O=C(NCc1cccnc1)c1ccc(N2CCN[C@H](c3ccccc3)C2)nc1. The van der Waals surface area contributed by atoms with E-state index in [4.69, 9.17) is 0 Å². The number of pyridine rings is 2. The molecule has 0 spiro atoms. The van der Waals surface area contributed by atoms with Crippen LogP contribution in [-0.4, -0.2) is 35.5 Å². The molecule has 0 radical (unpaired) electrons. The predicted octanol–water partition coefficient (Wildman–Crippen LogP) is 2.56. The summed E-state index contributed by atoms with van der Waals surface area (Å²) < 4.78 is 0. The lowest BCUT2D eigenvalue weighted by atomic mass is 10.0. The number of rotatable bonds is 5. The van der Waals surface area contributed by atoms with Crippen molar-refractivity contribution < 1.29 is 4.79 Å². The van der Waals surface area contributed by atoms with Gasteiger partial charge >= 0.3 is 0 Å². The number of carbonyl (C=O) groups is 1. The van der Waals surface area contributed by atoms with Crippen LogP contribution in [0.4, 0.5) is 5.82 Å². The first-order valence-electron chi connectivity index (χ1n) is 9.46. The summed E-state index contributed by atoms with van der Waals surface area (Å²) in [5, 5.41) is 6.46. The first-order chi connectivity index (χ1) is 13.8. The van der Waals surface area contributed by atoms with E-state index in [1.807, 2.05) is 30.3 Å². The molecular formula is C22H23N5O. The molecule has 142 valence electrons. The van der Waals surface area contributed by atoms with Gasteiger partial charge in [0.1, 0.15) is 5.82 Å². The third-order valence-corrected chi connectivity index (χ3v) is 4.89. The zero-order chi connectivity index (χ0) is 19.2. The van der Waals surface area contributed by atoms with Crippen molar-refractivity contribution in [3.63, 3.8) is 0 Å². The zero-order valence-electron chi connectivity index (χ0n) is 15.6. The Morgan fingerprint density at radius 3 is 2.75 bits per heavy atom. The summed E-state index contributed by atoms with van der Waals surface area (Å²) in [4.78, 5) is 23.2. The second kappa shape index (κ2) is 8.63. The molecule has 28 heavy (non-hydrogen) atoms. The highest BCUT2D eigenvalue weighted by Crippen LogP contribution is 2.21. The fourth-order valence-corrected chi connectivity index (χ4v) is 3.36. The van der Waals surface area contributed by atoms with Crippen LogP contribution in [0.25, 0.3) is 0 Å². The van der Waals surface area contributed by atoms with Crippen LogP contribution >= 0.6 is 0 Å². The third-order valence-electron chi connectivity index (χ3n) is 4.89. The first-order valence-corrected chi connectivity index (χ1v) is 9.46. The Hall–Kier alpha value is -3.25. The molecule has 0 unspecified atom stereocenters. The van der Waals surface area contributed by atoms with E-state index >= 15 is 0 Å². The second-order valence-corrected chi connectivity index (χ2v) is 6.81. The quantitative estimate of drug-likeness (QED) is 0.719. The van der Waals surface area contributed by atoms with Gasteiger partial charge in [-0.25, -0.2) is 4.98 Å². The van der Waals surface area contributed by atoms with E-state index < -0.39 is 0 Å². The maximum absolute atomic E-state index is 12.3. The standard InChI is InChI=1S/C22H23N5O/c28-22(26-14-17-5-4-10-23-13-17)19-8-9-21(25-15-19)27-12-11-24-20(16-27)18-6-2-1-3-7-18/h1-10,13,15,20,24H,11-12,14,16H2,(H,26,28)/t20-/m0/s1. The topological polar surface area (TPSA) is 70.2 Å². The fraction of sp³-hybridized carbons (Fsp3) is 0.227. The van der Waals surface area contributed by atoms with Crippen LogP contribution < -0.4 is 15.5 Å². The minimum Gasteiger partial charge on any atom is -0.353 e. The number of benzene rings is 1. The van der Waals surface area contributed by atoms with Gasteiger partial charge in [-0.15, -0.1) is 0 Å². The highest BCUT2D eigenvalue weighted by Gasteiger charge is 2.21. The molecule has 1 fully saturated rings. The summed E-state index contributed by atoms with van der Waals surface area (Å²) in [5.41, 5.74) is 2.80. The molecule has 1 aliphatic rings. The van der Waals surface area contributed by atoms with E-state index in [1.165, 1.54) is 5.56 Å². The molecule has 1 saturated heterocycles. The number of hydrogen-bond donors (Lipinski definition) is 2.